The SMILES string of the molecule is CC(C)[C@H](CN)NC(=O)OCC(F)(F)F.Cl. The van der Waals surface area contributed by atoms with Crippen molar-refractivity contribution in [2.24, 2.45) is 11.7 Å². The molecule has 0 aromatic rings. The largest absolute Gasteiger partial charge is 0.440 e. The Morgan fingerprint density at radius 2 is 1.94 bits per heavy atom. The van der Waals surface area contributed by atoms with Gasteiger partial charge in [0.25, 0.3) is 0 Å². The lowest BCUT2D eigenvalue weighted by Crippen LogP contribution is -2.44. The number of amides is 1. The smallest absolute Gasteiger partial charge is 0.422 e. The van der Waals surface area contributed by atoms with Crippen molar-refractivity contribution in [2.45, 2.75) is 26.1 Å². The minimum Gasteiger partial charge on any atom is -0.440 e. The molecule has 0 radical (unpaired) electrons. The van der Waals surface area contributed by atoms with Gasteiger partial charge in [0.15, 0.2) is 6.61 Å². The zero-order valence-electron chi connectivity index (χ0n) is 9.00. The number of halogens is 4. The summed E-state index contributed by atoms with van der Waals surface area (Å²) in [5, 5.41) is 2.25. The van der Waals surface area contributed by atoms with E-state index in [4.69, 9.17) is 5.73 Å². The van der Waals surface area contributed by atoms with Gasteiger partial charge in [0, 0.05) is 12.6 Å². The van der Waals surface area contributed by atoms with Crippen LogP contribution >= 0.6 is 12.4 Å². The van der Waals surface area contributed by atoms with Crippen LogP contribution in [-0.2, 0) is 4.74 Å². The van der Waals surface area contributed by atoms with Gasteiger partial charge in [0.1, 0.15) is 0 Å². The minimum absolute atomic E-state index is 0. The zero-order chi connectivity index (χ0) is 12.1. The number of ether oxygens (including phenoxy) is 1. The third-order valence-electron chi connectivity index (χ3n) is 1.73. The Morgan fingerprint density at radius 1 is 1.44 bits per heavy atom. The second-order valence-corrected chi connectivity index (χ2v) is 3.42. The lowest BCUT2D eigenvalue weighted by atomic mass is 10.1. The van der Waals surface area contributed by atoms with Gasteiger partial charge < -0.3 is 15.8 Å². The summed E-state index contributed by atoms with van der Waals surface area (Å²) < 4.78 is 39.0. The standard InChI is InChI=1S/C8H15F3N2O2.ClH/c1-5(2)6(3-12)13-7(14)15-4-8(9,10)11;/h5-6H,3-4,12H2,1-2H3,(H,13,14);1H/t6-;/m0./s1. The number of rotatable bonds is 4. The number of nitrogens with one attached hydrogen (secondary N) is 1. The number of carbonyl (C=O) groups excluding carboxylic acids is 1. The number of hydrogen-bond acceptors (Lipinski definition) is 3. The Kier molecular flexibility index (Phi) is 8.36. The summed E-state index contributed by atoms with van der Waals surface area (Å²) in [6.07, 6.45) is -5.61. The number of nitrogens with two attached hydrogens (primary N) is 1. The Balaban J connectivity index is 0. The van der Waals surface area contributed by atoms with E-state index < -0.39 is 18.9 Å². The highest BCUT2D eigenvalue weighted by Gasteiger charge is 2.30. The van der Waals surface area contributed by atoms with Gasteiger partial charge in [-0.05, 0) is 5.92 Å². The molecule has 1 amide bonds. The van der Waals surface area contributed by atoms with Crippen LogP contribution in [0.3, 0.4) is 0 Å². The Morgan fingerprint density at radius 3 is 2.25 bits per heavy atom. The summed E-state index contributed by atoms with van der Waals surface area (Å²) >= 11 is 0. The van der Waals surface area contributed by atoms with Crippen LogP contribution in [0.2, 0.25) is 0 Å². The molecule has 0 rings (SSSR count). The maximum atomic E-state index is 11.7. The maximum Gasteiger partial charge on any atom is 0.422 e. The highest BCUT2D eigenvalue weighted by Crippen LogP contribution is 2.14. The van der Waals surface area contributed by atoms with Crippen molar-refractivity contribution >= 4 is 18.5 Å². The second-order valence-electron chi connectivity index (χ2n) is 3.42. The van der Waals surface area contributed by atoms with E-state index in [2.05, 4.69) is 10.1 Å². The second kappa shape index (κ2) is 7.56. The molecule has 3 N–H and O–H groups in total. The molecule has 0 aliphatic rings. The van der Waals surface area contributed by atoms with Crippen LogP contribution in [0.15, 0.2) is 0 Å². The summed E-state index contributed by atoms with van der Waals surface area (Å²) in [6, 6.07) is -0.384. The predicted molar refractivity (Wildman–Crippen MR) is 55.5 cm³/mol. The van der Waals surface area contributed by atoms with Gasteiger partial charge >= 0.3 is 12.3 Å². The van der Waals surface area contributed by atoms with Crippen molar-refractivity contribution in [3.63, 3.8) is 0 Å². The van der Waals surface area contributed by atoms with Crippen molar-refractivity contribution < 1.29 is 22.7 Å². The molecule has 0 saturated heterocycles. The van der Waals surface area contributed by atoms with Gasteiger partial charge in [0.05, 0.1) is 0 Å². The number of alkyl halides is 3. The predicted octanol–water partition coefficient (Wildman–Crippen LogP) is 1.68. The molecule has 0 bridgehead atoms. The molecule has 0 unspecified atom stereocenters. The molecule has 0 saturated carbocycles. The van der Waals surface area contributed by atoms with E-state index in [0.29, 0.717) is 0 Å². The van der Waals surface area contributed by atoms with Crippen LogP contribution in [0.25, 0.3) is 0 Å². The van der Waals surface area contributed by atoms with Crippen LogP contribution in [-0.4, -0.2) is 31.5 Å². The third-order valence-corrected chi connectivity index (χ3v) is 1.73. The van der Waals surface area contributed by atoms with E-state index in [0.717, 1.165) is 0 Å². The lowest BCUT2D eigenvalue weighted by molar-refractivity contribution is -0.160. The van der Waals surface area contributed by atoms with E-state index in [1.54, 1.807) is 13.8 Å². The summed E-state index contributed by atoms with van der Waals surface area (Å²) in [4.78, 5) is 10.9. The van der Waals surface area contributed by atoms with E-state index in [1.165, 1.54) is 0 Å². The fraction of sp³-hybridized carbons (Fsp3) is 0.875. The van der Waals surface area contributed by atoms with Crippen molar-refractivity contribution in [2.75, 3.05) is 13.2 Å². The minimum atomic E-state index is -4.51. The van der Waals surface area contributed by atoms with Gasteiger partial charge in [-0.2, -0.15) is 13.2 Å². The summed E-state index contributed by atoms with van der Waals surface area (Å²) in [5.74, 6) is 0.0356. The van der Waals surface area contributed by atoms with E-state index >= 15 is 0 Å². The monoisotopic (exact) mass is 264 g/mol. The molecule has 98 valence electrons. The molecule has 1 atom stereocenters. The fourth-order valence-electron chi connectivity index (χ4n) is 0.838. The highest BCUT2D eigenvalue weighted by atomic mass is 35.5. The number of carbonyl (C=O) groups is 1. The Hall–Kier alpha value is -0.690. The van der Waals surface area contributed by atoms with Gasteiger partial charge in [0.2, 0.25) is 0 Å². The molecule has 16 heavy (non-hydrogen) atoms. The molecule has 0 fully saturated rings. The van der Waals surface area contributed by atoms with Crippen LogP contribution in [0.1, 0.15) is 13.8 Å². The molecule has 8 heteroatoms. The van der Waals surface area contributed by atoms with Crippen molar-refractivity contribution in [3.8, 4) is 0 Å². The fourth-order valence-corrected chi connectivity index (χ4v) is 0.838. The van der Waals surface area contributed by atoms with Crippen LogP contribution in [0.5, 0.6) is 0 Å². The van der Waals surface area contributed by atoms with E-state index in [1.807, 2.05) is 0 Å². The normalized spacial score (nSPS) is 12.9. The first-order chi connectivity index (χ1) is 6.76. The van der Waals surface area contributed by atoms with Crippen LogP contribution in [0.4, 0.5) is 18.0 Å². The first-order valence-electron chi connectivity index (χ1n) is 4.46. The average Bonchev–Trinajstić information content (AvgIpc) is 2.09. The van der Waals surface area contributed by atoms with E-state index in [-0.39, 0.29) is 30.9 Å². The Labute approximate surface area is 98.1 Å². The summed E-state index contributed by atoms with van der Waals surface area (Å²) in [6.45, 7) is 2.15. The van der Waals surface area contributed by atoms with Crippen LogP contribution in [0, 0.1) is 5.92 Å². The van der Waals surface area contributed by atoms with Gasteiger partial charge in [-0.15, -0.1) is 12.4 Å². The number of hydrogen-bond donors (Lipinski definition) is 2. The van der Waals surface area contributed by atoms with Gasteiger partial charge in [-0.3, -0.25) is 0 Å². The molecule has 4 nitrogen and oxygen atoms in total. The molecule has 0 aromatic carbocycles. The molecule has 0 aliphatic carbocycles. The van der Waals surface area contributed by atoms with Gasteiger partial charge in [-0.25, -0.2) is 4.79 Å². The topological polar surface area (TPSA) is 64.3 Å². The van der Waals surface area contributed by atoms with Crippen molar-refractivity contribution in [3.05, 3.63) is 0 Å². The third kappa shape index (κ3) is 8.60. The van der Waals surface area contributed by atoms with Crippen molar-refractivity contribution in [1.82, 2.24) is 5.32 Å². The highest BCUT2D eigenvalue weighted by molar-refractivity contribution is 5.85. The zero-order valence-corrected chi connectivity index (χ0v) is 9.82. The molecule has 0 aliphatic heterocycles. The Bertz CT molecular complexity index is 212. The van der Waals surface area contributed by atoms with Gasteiger partial charge in [-0.1, -0.05) is 13.8 Å². The van der Waals surface area contributed by atoms with Crippen molar-refractivity contribution in [1.29, 1.82) is 0 Å². The molecule has 0 spiro atoms. The van der Waals surface area contributed by atoms with E-state index in [9.17, 15) is 18.0 Å². The first kappa shape index (κ1) is 17.7. The summed E-state index contributed by atoms with van der Waals surface area (Å²) in [7, 11) is 0. The lowest BCUT2D eigenvalue weighted by Gasteiger charge is -2.20. The first-order valence-corrected chi connectivity index (χ1v) is 4.46. The molecular weight excluding hydrogens is 249 g/mol. The number of alkyl carbamates (subject to hydrolysis) is 1. The van der Waals surface area contributed by atoms with Crippen LogP contribution < -0.4 is 11.1 Å². The quantitative estimate of drug-likeness (QED) is 0.812. The maximum absolute atomic E-state index is 11.7. The average molecular weight is 265 g/mol. The molecule has 0 aromatic heterocycles. The summed E-state index contributed by atoms with van der Waals surface area (Å²) in [5.41, 5.74) is 5.31. The molecule has 0 heterocycles. The molecular formula is C8H16ClF3N2O2.